The van der Waals surface area contributed by atoms with Gasteiger partial charge in [-0.05, 0) is 42.5 Å². The lowest BCUT2D eigenvalue weighted by Crippen LogP contribution is -2.05. The summed E-state index contributed by atoms with van der Waals surface area (Å²) < 4.78 is 0.957. The molecule has 126 valence electrons. The fourth-order valence-electron chi connectivity index (χ4n) is 2.10. The van der Waals surface area contributed by atoms with Gasteiger partial charge in [0.1, 0.15) is 0 Å². The lowest BCUT2D eigenvalue weighted by Gasteiger charge is -2.09. The number of benzene rings is 2. The smallest absolute Gasteiger partial charge is 0.249 e. The van der Waals surface area contributed by atoms with E-state index in [2.05, 4.69) is 47.1 Å². The van der Waals surface area contributed by atoms with Gasteiger partial charge in [0, 0.05) is 28.5 Å². The summed E-state index contributed by atoms with van der Waals surface area (Å²) >= 11 is 3.42. The van der Waals surface area contributed by atoms with E-state index in [1.54, 1.807) is 12.1 Å². The molecule has 3 N–H and O–H groups in total. The molecular weight excluding hydrogens is 384 g/mol. The maximum absolute atomic E-state index is 11.0. The summed E-state index contributed by atoms with van der Waals surface area (Å²) in [6.45, 7) is 1.47. The number of rotatable bonds is 5. The fraction of sp³-hybridized carbons (Fsp3) is 0.0588. The van der Waals surface area contributed by atoms with Crippen LogP contribution in [0.5, 0.6) is 0 Å². The topological polar surface area (TPSA) is 91.8 Å². The first kappa shape index (κ1) is 16.8. The lowest BCUT2D eigenvalue weighted by atomic mass is 10.3. The zero-order valence-electron chi connectivity index (χ0n) is 13.3. The second-order valence-electron chi connectivity index (χ2n) is 5.18. The Labute approximate surface area is 153 Å². The van der Waals surface area contributed by atoms with Crippen molar-refractivity contribution >= 4 is 50.7 Å². The van der Waals surface area contributed by atoms with Crippen molar-refractivity contribution in [1.82, 2.24) is 15.2 Å². The van der Waals surface area contributed by atoms with E-state index < -0.39 is 0 Å². The Balaban J connectivity index is 1.70. The molecule has 0 fully saturated rings. The minimum atomic E-state index is -0.107. The molecule has 3 aromatic rings. The average Bonchev–Trinajstić information content (AvgIpc) is 2.57. The van der Waals surface area contributed by atoms with Crippen LogP contribution in [0.4, 0.5) is 28.8 Å². The van der Waals surface area contributed by atoms with E-state index in [-0.39, 0.29) is 5.91 Å². The van der Waals surface area contributed by atoms with Crippen LogP contribution in [0.2, 0.25) is 0 Å². The van der Waals surface area contributed by atoms with E-state index in [0.29, 0.717) is 11.8 Å². The number of carbonyl (C=O) groups excluding carboxylic acids is 1. The molecule has 0 atom stereocenters. The van der Waals surface area contributed by atoms with Crippen LogP contribution in [0, 0.1) is 0 Å². The number of aromatic nitrogens is 3. The summed E-state index contributed by atoms with van der Waals surface area (Å²) in [5.41, 5.74) is 2.41. The number of anilines is 5. The maximum Gasteiger partial charge on any atom is 0.249 e. The average molecular weight is 399 g/mol. The van der Waals surface area contributed by atoms with Crippen molar-refractivity contribution in [2.24, 2.45) is 0 Å². The highest BCUT2D eigenvalue weighted by Crippen LogP contribution is 2.20. The van der Waals surface area contributed by atoms with Crippen molar-refractivity contribution in [3.8, 4) is 0 Å². The van der Waals surface area contributed by atoms with Crippen molar-refractivity contribution < 1.29 is 4.79 Å². The number of amides is 1. The fourth-order valence-corrected chi connectivity index (χ4v) is 2.50. The Morgan fingerprint density at radius 3 is 2.48 bits per heavy atom. The predicted octanol–water partition coefficient (Wildman–Crippen LogP) is 4.08. The van der Waals surface area contributed by atoms with E-state index in [1.807, 2.05) is 36.4 Å². The van der Waals surface area contributed by atoms with Crippen molar-refractivity contribution in [2.45, 2.75) is 6.92 Å². The van der Waals surface area contributed by atoms with E-state index >= 15 is 0 Å². The summed E-state index contributed by atoms with van der Waals surface area (Å²) in [6.07, 6.45) is 1.54. The highest BCUT2D eigenvalue weighted by Gasteiger charge is 2.03. The Morgan fingerprint density at radius 1 is 1.00 bits per heavy atom. The van der Waals surface area contributed by atoms with Crippen LogP contribution in [0.25, 0.3) is 0 Å². The van der Waals surface area contributed by atoms with Gasteiger partial charge >= 0.3 is 0 Å². The number of hydrogen-bond acceptors (Lipinski definition) is 6. The Hall–Kier alpha value is -3.00. The molecule has 0 aliphatic carbocycles. The molecule has 0 saturated carbocycles. The molecular formula is C17H15BrN6O. The van der Waals surface area contributed by atoms with E-state index in [4.69, 9.17) is 0 Å². The van der Waals surface area contributed by atoms with Crippen LogP contribution in [-0.2, 0) is 4.79 Å². The van der Waals surface area contributed by atoms with E-state index in [1.165, 1.54) is 13.1 Å². The molecule has 1 aromatic heterocycles. The van der Waals surface area contributed by atoms with Crippen LogP contribution < -0.4 is 16.0 Å². The van der Waals surface area contributed by atoms with Crippen LogP contribution in [0.1, 0.15) is 6.92 Å². The molecule has 3 rings (SSSR count). The molecule has 2 aromatic carbocycles. The number of nitrogens with zero attached hydrogens (tertiary/aromatic N) is 3. The van der Waals surface area contributed by atoms with E-state index in [0.717, 1.165) is 21.5 Å². The van der Waals surface area contributed by atoms with E-state index in [9.17, 15) is 4.79 Å². The highest BCUT2D eigenvalue weighted by atomic mass is 79.9. The summed E-state index contributed by atoms with van der Waals surface area (Å²) in [6, 6.07) is 15.0. The van der Waals surface area contributed by atoms with Crippen molar-refractivity contribution in [3.63, 3.8) is 0 Å². The standard InChI is InChI=1S/C17H15BrN6O/c1-11(25)20-13-5-7-14(8-6-13)21-16-10-19-24-17(23-16)22-15-4-2-3-12(18)9-15/h2-10H,1H3,(H,20,25)(H2,21,22,23,24). The zero-order chi connectivity index (χ0) is 17.6. The Morgan fingerprint density at radius 2 is 1.76 bits per heavy atom. The molecule has 0 aliphatic heterocycles. The quantitative estimate of drug-likeness (QED) is 0.599. The molecule has 0 unspecified atom stereocenters. The van der Waals surface area contributed by atoms with Gasteiger partial charge in [-0.25, -0.2) is 0 Å². The molecule has 0 saturated heterocycles. The molecule has 1 amide bonds. The molecule has 0 radical (unpaired) electrons. The van der Waals surface area contributed by atoms with Gasteiger partial charge in [0.15, 0.2) is 5.82 Å². The first-order chi connectivity index (χ1) is 12.1. The summed E-state index contributed by atoms with van der Waals surface area (Å²) in [5.74, 6) is 0.835. The normalized spacial score (nSPS) is 10.2. The Bertz CT molecular complexity index is 884. The van der Waals surface area contributed by atoms with Gasteiger partial charge in [0.2, 0.25) is 11.9 Å². The second-order valence-corrected chi connectivity index (χ2v) is 6.10. The zero-order valence-corrected chi connectivity index (χ0v) is 14.9. The van der Waals surface area contributed by atoms with Gasteiger partial charge in [-0.3, -0.25) is 4.79 Å². The first-order valence-electron chi connectivity index (χ1n) is 7.45. The highest BCUT2D eigenvalue weighted by molar-refractivity contribution is 9.10. The number of halogens is 1. The van der Waals surface area contributed by atoms with Crippen LogP contribution >= 0.6 is 15.9 Å². The molecule has 0 spiro atoms. The third-order valence-electron chi connectivity index (χ3n) is 3.12. The first-order valence-corrected chi connectivity index (χ1v) is 8.25. The maximum atomic E-state index is 11.0. The van der Waals surface area contributed by atoms with Crippen LogP contribution in [0.3, 0.4) is 0 Å². The minimum absolute atomic E-state index is 0.107. The number of hydrogen-bond donors (Lipinski definition) is 3. The van der Waals surface area contributed by atoms with Gasteiger partial charge in [0.25, 0.3) is 0 Å². The van der Waals surface area contributed by atoms with Gasteiger partial charge in [-0.15, -0.1) is 5.10 Å². The van der Waals surface area contributed by atoms with Crippen LogP contribution in [-0.4, -0.2) is 21.1 Å². The van der Waals surface area contributed by atoms with Crippen molar-refractivity contribution in [2.75, 3.05) is 16.0 Å². The Kier molecular flexibility index (Phi) is 5.20. The second kappa shape index (κ2) is 7.71. The SMILES string of the molecule is CC(=O)Nc1ccc(Nc2cnnc(Nc3cccc(Br)c3)n2)cc1. The largest absolute Gasteiger partial charge is 0.339 e. The van der Waals surface area contributed by atoms with Gasteiger partial charge in [-0.1, -0.05) is 22.0 Å². The van der Waals surface area contributed by atoms with Crippen molar-refractivity contribution in [3.05, 3.63) is 59.2 Å². The predicted molar refractivity (Wildman–Crippen MR) is 101 cm³/mol. The molecule has 8 heteroatoms. The molecule has 7 nitrogen and oxygen atoms in total. The monoisotopic (exact) mass is 398 g/mol. The molecule has 0 bridgehead atoms. The van der Waals surface area contributed by atoms with Crippen molar-refractivity contribution in [1.29, 1.82) is 0 Å². The summed E-state index contributed by atoms with van der Waals surface area (Å²) in [7, 11) is 0. The van der Waals surface area contributed by atoms with Gasteiger partial charge < -0.3 is 16.0 Å². The lowest BCUT2D eigenvalue weighted by molar-refractivity contribution is -0.114. The minimum Gasteiger partial charge on any atom is -0.339 e. The number of carbonyl (C=O) groups is 1. The summed E-state index contributed by atoms with van der Waals surface area (Å²) in [5, 5.41) is 16.9. The van der Waals surface area contributed by atoms with Gasteiger partial charge in [-0.2, -0.15) is 10.1 Å². The molecule has 25 heavy (non-hydrogen) atoms. The van der Waals surface area contributed by atoms with Gasteiger partial charge in [0.05, 0.1) is 6.20 Å². The third kappa shape index (κ3) is 4.98. The molecule has 1 heterocycles. The molecule has 0 aliphatic rings. The summed E-state index contributed by atoms with van der Waals surface area (Å²) in [4.78, 5) is 15.4. The third-order valence-corrected chi connectivity index (χ3v) is 3.61. The number of nitrogens with one attached hydrogen (secondary N) is 3. The van der Waals surface area contributed by atoms with Crippen LogP contribution in [0.15, 0.2) is 59.2 Å².